The first-order valence-corrected chi connectivity index (χ1v) is 13.4. The van der Waals surface area contributed by atoms with Gasteiger partial charge >= 0.3 is 0 Å². The van der Waals surface area contributed by atoms with E-state index in [-0.39, 0.29) is 35.5 Å². The molecule has 5 rings (SSSR count). The summed E-state index contributed by atoms with van der Waals surface area (Å²) < 4.78 is 30.2. The number of benzene rings is 3. The lowest BCUT2D eigenvalue weighted by Gasteiger charge is -2.31. The van der Waals surface area contributed by atoms with Crippen LogP contribution in [0.2, 0.25) is 0 Å². The van der Waals surface area contributed by atoms with E-state index in [9.17, 15) is 18.4 Å². The summed E-state index contributed by atoms with van der Waals surface area (Å²) in [5.74, 6) is -1.65. The third-order valence-corrected chi connectivity index (χ3v) is 7.14. The van der Waals surface area contributed by atoms with Crippen LogP contribution in [-0.2, 0) is 6.42 Å². The van der Waals surface area contributed by atoms with Crippen LogP contribution in [0.3, 0.4) is 0 Å². The molecule has 0 unspecified atom stereocenters. The summed E-state index contributed by atoms with van der Waals surface area (Å²) in [6.07, 6.45) is 2.88. The fourth-order valence-electron chi connectivity index (χ4n) is 5.14. The van der Waals surface area contributed by atoms with Gasteiger partial charge in [0.05, 0.1) is 22.9 Å². The molecule has 1 aliphatic rings. The zero-order chi connectivity index (χ0) is 28.4. The number of fused-ring (bicyclic) bond motifs is 1. The Morgan fingerprint density at radius 1 is 0.900 bits per heavy atom. The van der Waals surface area contributed by atoms with Crippen molar-refractivity contribution < 1.29 is 18.4 Å². The summed E-state index contributed by atoms with van der Waals surface area (Å²) in [6.45, 7) is 7.06. The topological polar surface area (TPSA) is 67.2 Å². The number of hydrogen-bond acceptors (Lipinski definition) is 4. The lowest BCUT2D eigenvalue weighted by Crippen LogP contribution is -2.36. The first kappa shape index (κ1) is 27.4. The average Bonchev–Trinajstić information content (AvgIpc) is 3.44. The van der Waals surface area contributed by atoms with E-state index in [0.717, 1.165) is 35.0 Å². The molecule has 8 heteroatoms. The minimum absolute atomic E-state index is 0.0406. The highest BCUT2D eigenvalue weighted by Crippen LogP contribution is 2.35. The highest BCUT2D eigenvalue weighted by atomic mass is 19.1. The molecule has 0 saturated carbocycles. The van der Waals surface area contributed by atoms with Crippen LogP contribution in [0, 0.1) is 17.0 Å². The Labute approximate surface area is 232 Å². The second-order valence-electron chi connectivity index (χ2n) is 11.2. The van der Waals surface area contributed by atoms with Crippen molar-refractivity contribution in [1.82, 2.24) is 20.0 Å². The monoisotopic (exact) mass is 542 g/mol. The van der Waals surface area contributed by atoms with Gasteiger partial charge in [-0.25, -0.2) is 13.5 Å². The predicted molar refractivity (Wildman–Crippen MR) is 149 cm³/mol. The lowest BCUT2D eigenvalue weighted by atomic mass is 9.83. The van der Waals surface area contributed by atoms with Gasteiger partial charge in [-0.05, 0) is 53.8 Å². The van der Waals surface area contributed by atoms with E-state index in [1.807, 2.05) is 30.3 Å². The SMILES string of the molecule is CC(C)(C)[C@@H](NCCCN1C(=O)c2ccccc2C1=O)c1nn(-c2cc(F)ccc2F)cc1Cc1ccccc1. The molecule has 2 amide bonds. The Balaban J connectivity index is 1.39. The molecule has 6 nitrogen and oxygen atoms in total. The second-order valence-corrected chi connectivity index (χ2v) is 11.2. The molecule has 40 heavy (non-hydrogen) atoms. The number of imide groups is 1. The third kappa shape index (κ3) is 5.58. The third-order valence-electron chi connectivity index (χ3n) is 7.14. The molecule has 1 N–H and O–H groups in total. The number of carbonyl (C=O) groups excluding carboxylic acids is 2. The van der Waals surface area contributed by atoms with Crippen LogP contribution in [0.5, 0.6) is 0 Å². The van der Waals surface area contributed by atoms with E-state index < -0.39 is 11.6 Å². The van der Waals surface area contributed by atoms with Gasteiger partial charge in [-0.15, -0.1) is 0 Å². The molecule has 0 fully saturated rings. The molecule has 0 spiro atoms. The van der Waals surface area contributed by atoms with Crippen molar-refractivity contribution in [2.75, 3.05) is 13.1 Å². The Kier molecular flexibility index (Phi) is 7.63. The molecule has 0 aliphatic carbocycles. The zero-order valence-electron chi connectivity index (χ0n) is 22.8. The van der Waals surface area contributed by atoms with Crippen molar-refractivity contribution in [3.63, 3.8) is 0 Å². The highest BCUT2D eigenvalue weighted by molar-refractivity contribution is 6.21. The van der Waals surface area contributed by atoms with Gasteiger partial charge in [-0.2, -0.15) is 5.10 Å². The molecule has 0 bridgehead atoms. The van der Waals surface area contributed by atoms with Gasteiger partial charge < -0.3 is 5.32 Å². The van der Waals surface area contributed by atoms with Gasteiger partial charge in [0.1, 0.15) is 17.3 Å². The molecule has 0 saturated heterocycles. The van der Waals surface area contributed by atoms with Gasteiger partial charge in [0, 0.05) is 25.2 Å². The molecule has 0 radical (unpaired) electrons. The van der Waals surface area contributed by atoms with E-state index >= 15 is 0 Å². The molecule has 3 aromatic carbocycles. The number of nitrogens with zero attached hydrogens (tertiary/aromatic N) is 3. The molecule has 1 aliphatic heterocycles. The van der Waals surface area contributed by atoms with E-state index in [1.54, 1.807) is 30.5 Å². The quantitative estimate of drug-likeness (QED) is 0.205. The summed E-state index contributed by atoms with van der Waals surface area (Å²) in [7, 11) is 0. The average molecular weight is 543 g/mol. The van der Waals surface area contributed by atoms with Crippen LogP contribution < -0.4 is 5.32 Å². The van der Waals surface area contributed by atoms with Crippen molar-refractivity contribution in [2.45, 2.75) is 39.7 Å². The van der Waals surface area contributed by atoms with Crippen LogP contribution in [0.15, 0.2) is 79.0 Å². The Hall–Kier alpha value is -4.17. The highest BCUT2D eigenvalue weighted by Gasteiger charge is 2.35. The van der Waals surface area contributed by atoms with Crippen molar-refractivity contribution in [3.05, 3.63) is 119 Å². The number of halogens is 2. The van der Waals surface area contributed by atoms with Gasteiger partial charge in [0.25, 0.3) is 11.8 Å². The number of carbonyl (C=O) groups is 2. The van der Waals surface area contributed by atoms with Crippen molar-refractivity contribution in [2.24, 2.45) is 5.41 Å². The number of amides is 2. The summed E-state index contributed by atoms with van der Waals surface area (Å²) in [4.78, 5) is 26.8. The smallest absolute Gasteiger partial charge is 0.261 e. The van der Waals surface area contributed by atoms with Crippen LogP contribution in [0.1, 0.15) is 70.8 Å². The minimum Gasteiger partial charge on any atom is -0.308 e. The van der Waals surface area contributed by atoms with Gasteiger partial charge in [-0.1, -0.05) is 63.2 Å². The maximum atomic E-state index is 14.7. The first-order chi connectivity index (χ1) is 19.1. The predicted octanol–water partition coefficient (Wildman–Crippen LogP) is 6.10. The normalized spacial score (nSPS) is 14.1. The van der Waals surface area contributed by atoms with E-state index in [1.165, 1.54) is 9.58 Å². The van der Waals surface area contributed by atoms with Gasteiger partial charge in [-0.3, -0.25) is 14.5 Å². The number of nitrogens with one attached hydrogen (secondary N) is 1. The summed E-state index contributed by atoms with van der Waals surface area (Å²) in [5.41, 5.74) is 3.33. The fraction of sp³-hybridized carbons (Fsp3) is 0.281. The zero-order valence-corrected chi connectivity index (χ0v) is 22.8. The van der Waals surface area contributed by atoms with Gasteiger partial charge in [0.2, 0.25) is 0 Å². The molecule has 206 valence electrons. The first-order valence-electron chi connectivity index (χ1n) is 13.4. The lowest BCUT2D eigenvalue weighted by molar-refractivity contribution is 0.0651. The van der Waals surface area contributed by atoms with E-state index in [0.29, 0.717) is 30.5 Å². The maximum absolute atomic E-state index is 14.7. The maximum Gasteiger partial charge on any atom is 0.261 e. The standard InChI is InChI=1S/C32H32F2N4O2/c1-32(2,3)29(35-16-9-17-37-30(39)24-12-7-8-13-25(24)31(37)40)28-22(18-21-10-5-4-6-11-21)20-38(36-28)27-19-23(33)14-15-26(27)34/h4-8,10-15,19-20,29,35H,9,16-18H2,1-3H3/t29-/m0/s1. The minimum atomic E-state index is -0.567. The molecule has 4 aromatic rings. The summed E-state index contributed by atoms with van der Waals surface area (Å²) >= 11 is 0. The molecular weight excluding hydrogens is 510 g/mol. The Morgan fingerprint density at radius 3 is 2.20 bits per heavy atom. The van der Waals surface area contributed by atoms with Crippen LogP contribution in [0.25, 0.3) is 5.69 Å². The number of rotatable bonds is 9. The van der Waals surface area contributed by atoms with Crippen molar-refractivity contribution in [1.29, 1.82) is 0 Å². The van der Waals surface area contributed by atoms with Crippen molar-refractivity contribution >= 4 is 11.8 Å². The molecule has 1 aromatic heterocycles. The second kappa shape index (κ2) is 11.1. The molecular formula is C32H32F2N4O2. The molecule has 1 atom stereocenters. The summed E-state index contributed by atoms with van der Waals surface area (Å²) in [5, 5.41) is 8.36. The van der Waals surface area contributed by atoms with Crippen LogP contribution in [0.4, 0.5) is 8.78 Å². The Morgan fingerprint density at radius 2 is 1.55 bits per heavy atom. The fourth-order valence-corrected chi connectivity index (χ4v) is 5.14. The Bertz CT molecular complexity index is 1510. The molecule has 2 heterocycles. The summed E-state index contributed by atoms with van der Waals surface area (Å²) in [6, 6.07) is 19.9. The van der Waals surface area contributed by atoms with Crippen LogP contribution in [-0.4, -0.2) is 39.6 Å². The van der Waals surface area contributed by atoms with Crippen LogP contribution >= 0.6 is 0 Å². The van der Waals surface area contributed by atoms with E-state index in [4.69, 9.17) is 5.10 Å². The largest absolute Gasteiger partial charge is 0.308 e. The number of aromatic nitrogens is 2. The van der Waals surface area contributed by atoms with Gasteiger partial charge in [0.15, 0.2) is 0 Å². The van der Waals surface area contributed by atoms with Crippen molar-refractivity contribution in [3.8, 4) is 5.69 Å². The van der Waals surface area contributed by atoms with E-state index in [2.05, 4.69) is 26.1 Å². The number of hydrogen-bond donors (Lipinski definition) is 1.